The standard InChI is InChI=1S/C25H33Cl2N3O4S/c1-6-18(4)28-25(32)23(7-2)29(15-19-10-13-21(26)22(27)14-19)24(31)16-30(35(5,33)34)20-11-8-17(3)9-12-20/h8-14,18,23H,6-7,15-16H2,1-5H3,(H,28,32)/t18-,23-/m0/s1. The number of hydrogen-bond donors (Lipinski definition) is 1. The van der Waals surface area contributed by atoms with Crippen molar-refractivity contribution in [1.82, 2.24) is 10.2 Å². The quantitative estimate of drug-likeness (QED) is 0.443. The maximum Gasteiger partial charge on any atom is 0.244 e. The zero-order chi connectivity index (χ0) is 26.3. The molecule has 2 atom stereocenters. The van der Waals surface area contributed by atoms with Gasteiger partial charge < -0.3 is 10.2 Å². The minimum Gasteiger partial charge on any atom is -0.352 e. The predicted molar refractivity (Wildman–Crippen MR) is 142 cm³/mol. The Morgan fingerprint density at radius 1 is 1.00 bits per heavy atom. The van der Waals surface area contributed by atoms with Crippen molar-refractivity contribution < 1.29 is 18.0 Å². The second kappa shape index (κ2) is 12.6. The van der Waals surface area contributed by atoms with Gasteiger partial charge >= 0.3 is 0 Å². The molecule has 0 unspecified atom stereocenters. The summed E-state index contributed by atoms with van der Waals surface area (Å²) < 4.78 is 26.3. The third-order valence-electron chi connectivity index (χ3n) is 5.73. The van der Waals surface area contributed by atoms with Crippen LogP contribution in [0.1, 0.15) is 44.7 Å². The first-order valence-electron chi connectivity index (χ1n) is 11.5. The predicted octanol–water partition coefficient (Wildman–Crippen LogP) is 4.79. The van der Waals surface area contributed by atoms with Gasteiger partial charge in [-0.1, -0.05) is 60.8 Å². The van der Waals surface area contributed by atoms with E-state index < -0.39 is 28.5 Å². The van der Waals surface area contributed by atoms with E-state index in [0.717, 1.165) is 22.5 Å². The molecule has 0 spiro atoms. The maximum atomic E-state index is 13.6. The fourth-order valence-corrected chi connectivity index (χ4v) is 4.69. The van der Waals surface area contributed by atoms with Gasteiger partial charge in [-0.3, -0.25) is 13.9 Å². The zero-order valence-electron chi connectivity index (χ0n) is 20.7. The van der Waals surface area contributed by atoms with Gasteiger partial charge in [-0.2, -0.15) is 0 Å². The Balaban J connectivity index is 2.45. The summed E-state index contributed by atoms with van der Waals surface area (Å²) in [6.07, 6.45) is 2.13. The minimum atomic E-state index is -3.77. The third-order valence-corrected chi connectivity index (χ3v) is 7.60. The summed E-state index contributed by atoms with van der Waals surface area (Å²) in [6.45, 7) is 7.16. The first-order valence-corrected chi connectivity index (χ1v) is 14.1. The van der Waals surface area contributed by atoms with E-state index in [0.29, 0.717) is 27.7 Å². The van der Waals surface area contributed by atoms with Crippen LogP contribution in [-0.2, 0) is 26.2 Å². The highest BCUT2D eigenvalue weighted by Crippen LogP contribution is 2.25. The van der Waals surface area contributed by atoms with E-state index in [4.69, 9.17) is 23.2 Å². The van der Waals surface area contributed by atoms with Gasteiger partial charge in [-0.25, -0.2) is 8.42 Å². The van der Waals surface area contributed by atoms with Crippen molar-refractivity contribution in [3.05, 3.63) is 63.6 Å². The molecule has 0 aromatic heterocycles. The molecule has 0 aliphatic heterocycles. The maximum absolute atomic E-state index is 13.6. The van der Waals surface area contributed by atoms with E-state index in [1.165, 1.54) is 4.90 Å². The molecule has 0 aliphatic rings. The largest absolute Gasteiger partial charge is 0.352 e. The molecule has 2 aromatic rings. The molecule has 35 heavy (non-hydrogen) atoms. The molecule has 2 aromatic carbocycles. The molecule has 0 fully saturated rings. The van der Waals surface area contributed by atoms with Crippen molar-refractivity contribution in [1.29, 1.82) is 0 Å². The lowest BCUT2D eigenvalue weighted by Crippen LogP contribution is -2.53. The van der Waals surface area contributed by atoms with Crippen LogP contribution in [0.15, 0.2) is 42.5 Å². The number of anilines is 1. The number of hydrogen-bond acceptors (Lipinski definition) is 4. The number of rotatable bonds is 11. The molecule has 0 radical (unpaired) electrons. The first-order chi connectivity index (χ1) is 16.4. The van der Waals surface area contributed by atoms with Gasteiger partial charge in [-0.15, -0.1) is 0 Å². The molecule has 0 aliphatic carbocycles. The lowest BCUT2D eigenvalue weighted by Gasteiger charge is -2.33. The lowest BCUT2D eigenvalue weighted by molar-refractivity contribution is -0.140. The minimum absolute atomic E-state index is 0.0631. The average Bonchev–Trinajstić information content (AvgIpc) is 2.79. The number of amides is 2. The zero-order valence-corrected chi connectivity index (χ0v) is 23.0. The first kappa shape index (κ1) is 28.9. The number of sulfonamides is 1. The number of nitrogens with one attached hydrogen (secondary N) is 1. The van der Waals surface area contributed by atoms with Crippen LogP contribution in [0.5, 0.6) is 0 Å². The summed E-state index contributed by atoms with van der Waals surface area (Å²) in [5, 5.41) is 3.63. The summed E-state index contributed by atoms with van der Waals surface area (Å²) in [4.78, 5) is 28.2. The van der Waals surface area contributed by atoms with E-state index in [2.05, 4.69) is 5.32 Å². The molecule has 10 heteroatoms. The number of benzene rings is 2. The fourth-order valence-electron chi connectivity index (χ4n) is 3.52. The topological polar surface area (TPSA) is 86.8 Å². The smallest absolute Gasteiger partial charge is 0.244 e. The monoisotopic (exact) mass is 541 g/mol. The summed E-state index contributed by atoms with van der Waals surface area (Å²) in [5.74, 6) is -0.801. The van der Waals surface area contributed by atoms with Crippen molar-refractivity contribution in [3.63, 3.8) is 0 Å². The highest BCUT2D eigenvalue weighted by atomic mass is 35.5. The second-order valence-electron chi connectivity index (χ2n) is 8.62. The highest BCUT2D eigenvalue weighted by Gasteiger charge is 2.32. The number of carbonyl (C=O) groups is 2. The Hall–Kier alpha value is -2.29. The molecule has 7 nitrogen and oxygen atoms in total. The van der Waals surface area contributed by atoms with Crippen molar-refractivity contribution in [2.45, 2.75) is 59.2 Å². The summed E-state index contributed by atoms with van der Waals surface area (Å²) in [5.41, 5.74) is 2.00. The number of halogens is 2. The third kappa shape index (κ3) is 8.12. The van der Waals surface area contributed by atoms with Crippen molar-refractivity contribution >= 4 is 50.7 Å². The SMILES string of the molecule is CC[C@H](C)NC(=O)[C@H](CC)N(Cc1ccc(Cl)c(Cl)c1)C(=O)CN(c1ccc(C)cc1)S(C)(=O)=O. The van der Waals surface area contributed by atoms with Crippen LogP contribution in [0.3, 0.4) is 0 Å². The van der Waals surface area contributed by atoms with E-state index >= 15 is 0 Å². The van der Waals surface area contributed by atoms with Crippen molar-refractivity contribution in [2.75, 3.05) is 17.1 Å². The molecule has 192 valence electrons. The van der Waals surface area contributed by atoms with Crippen molar-refractivity contribution in [3.8, 4) is 0 Å². The van der Waals surface area contributed by atoms with Gasteiger partial charge in [0.25, 0.3) is 0 Å². The van der Waals surface area contributed by atoms with Gasteiger partial charge in [0.2, 0.25) is 21.8 Å². The molecule has 2 amide bonds. The van der Waals surface area contributed by atoms with E-state index in [9.17, 15) is 18.0 Å². The Morgan fingerprint density at radius 3 is 2.14 bits per heavy atom. The van der Waals surface area contributed by atoms with Crippen LogP contribution in [0.2, 0.25) is 10.0 Å². The Morgan fingerprint density at radius 2 is 1.63 bits per heavy atom. The van der Waals surface area contributed by atoms with Gasteiger partial charge in [0.15, 0.2) is 0 Å². The highest BCUT2D eigenvalue weighted by molar-refractivity contribution is 7.92. The van der Waals surface area contributed by atoms with Gasteiger partial charge in [-0.05, 0) is 56.5 Å². The number of nitrogens with zero attached hydrogens (tertiary/aromatic N) is 2. The van der Waals surface area contributed by atoms with Gasteiger partial charge in [0.1, 0.15) is 12.6 Å². The van der Waals surface area contributed by atoms with Crippen LogP contribution in [-0.4, -0.2) is 50.0 Å². The molecule has 0 saturated carbocycles. The fraction of sp³-hybridized carbons (Fsp3) is 0.440. The Kier molecular flexibility index (Phi) is 10.4. The number of carbonyl (C=O) groups excluding carboxylic acids is 2. The van der Waals surface area contributed by atoms with E-state index in [1.807, 2.05) is 27.7 Å². The molecular weight excluding hydrogens is 509 g/mol. The van der Waals surface area contributed by atoms with Crippen LogP contribution in [0, 0.1) is 6.92 Å². The molecular formula is C25H33Cl2N3O4S. The molecule has 2 rings (SSSR count). The van der Waals surface area contributed by atoms with Crippen LogP contribution in [0.25, 0.3) is 0 Å². The Labute approximate surface area is 218 Å². The molecule has 1 N–H and O–H groups in total. The summed E-state index contributed by atoms with van der Waals surface area (Å²) in [7, 11) is -3.77. The van der Waals surface area contributed by atoms with Crippen LogP contribution < -0.4 is 9.62 Å². The summed E-state index contributed by atoms with van der Waals surface area (Å²) >= 11 is 12.2. The van der Waals surface area contributed by atoms with E-state index in [1.54, 1.807) is 42.5 Å². The normalized spacial score (nSPS) is 13.1. The van der Waals surface area contributed by atoms with Gasteiger partial charge in [0, 0.05) is 12.6 Å². The molecule has 0 heterocycles. The lowest BCUT2D eigenvalue weighted by atomic mass is 10.1. The molecule has 0 saturated heterocycles. The Bertz CT molecular complexity index is 1140. The number of aryl methyl sites for hydroxylation is 1. The molecule has 0 bridgehead atoms. The summed E-state index contributed by atoms with van der Waals surface area (Å²) in [6, 6.07) is 11.0. The second-order valence-corrected chi connectivity index (χ2v) is 11.3. The average molecular weight is 543 g/mol. The van der Waals surface area contributed by atoms with E-state index in [-0.39, 0.29) is 18.5 Å². The van der Waals surface area contributed by atoms with Gasteiger partial charge in [0.05, 0.1) is 22.0 Å². The van der Waals surface area contributed by atoms with Crippen LogP contribution >= 0.6 is 23.2 Å². The van der Waals surface area contributed by atoms with Crippen LogP contribution in [0.4, 0.5) is 5.69 Å². The van der Waals surface area contributed by atoms with Crippen molar-refractivity contribution in [2.24, 2.45) is 0 Å².